The summed E-state index contributed by atoms with van der Waals surface area (Å²) in [6, 6.07) is 9.78. The van der Waals surface area contributed by atoms with Gasteiger partial charge in [0.05, 0.1) is 25.4 Å². The van der Waals surface area contributed by atoms with Gasteiger partial charge in [-0.3, -0.25) is 9.59 Å². The van der Waals surface area contributed by atoms with E-state index >= 15 is 0 Å². The van der Waals surface area contributed by atoms with Crippen LogP contribution in [0.1, 0.15) is 13.8 Å². The van der Waals surface area contributed by atoms with Crippen LogP contribution in [0.3, 0.4) is 0 Å². The van der Waals surface area contributed by atoms with Gasteiger partial charge >= 0.3 is 0 Å². The number of aliphatic hydroxyl groups excluding tert-OH is 12. The Balaban J connectivity index is 0.976. The molecule has 31 nitrogen and oxygen atoms in total. The lowest BCUT2D eigenvalue weighted by Crippen LogP contribution is -2.61. The van der Waals surface area contributed by atoms with E-state index in [-0.39, 0.29) is 11.1 Å². The maximum atomic E-state index is 14.4. The highest BCUT2D eigenvalue weighted by Gasteiger charge is 2.50. The molecule has 0 bridgehead atoms. The Labute approximate surface area is 475 Å². The van der Waals surface area contributed by atoms with Crippen molar-refractivity contribution < 1.29 is 143 Å². The first-order valence-corrected chi connectivity index (χ1v) is 26.0. The van der Waals surface area contributed by atoms with Crippen LogP contribution in [0.5, 0.6) is 57.5 Å². The van der Waals surface area contributed by atoms with E-state index in [1.54, 1.807) is 0 Å². The highest BCUT2D eigenvalue weighted by molar-refractivity contribution is 5.89. The summed E-state index contributed by atoms with van der Waals surface area (Å²) in [7, 11) is 0. The van der Waals surface area contributed by atoms with E-state index in [1.807, 2.05) is 0 Å². The van der Waals surface area contributed by atoms with Crippen molar-refractivity contribution in [3.05, 3.63) is 81.1 Å². The molecule has 4 saturated heterocycles. The second kappa shape index (κ2) is 23.9. The van der Waals surface area contributed by atoms with E-state index in [0.717, 1.165) is 60.7 Å². The molecule has 4 fully saturated rings. The number of aliphatic hydroxyl groups is 12. The number of ether oxygens (including phenoxy) is 9. The van der Waals surface area contributed by atoms with Gasteiger partial charge in [0.15, 0.2) is 47.1 Å². The Hall–Kier alpha value is -7.22. The zero-order chi connectivity index (χ0) is 61.4. The van der Waals surface area contributed by atoms with Crippen molar-refractivity contribution in [3.63, 3.8) is 0 Å². The van der Waals surface area contributed by atoms with E-state index < -0.39 is 238 Å². The maximum absolute atomic E-state index is 14.4. The number of phenolic OH excluding ortho intramolecular Hbond substituents is 6. The Kier molecular flexibility index (Phi) is 17.1. The van der Waals surface area contributed by atoms with Crippen molar-refractivity contribution in [2.75, 3.05) is 13.2 Å². The molecule has 2 aromatic heterocycles. The van der Waals surface area contributed by atoms with Crippen LogP contribution in [0.15, 0.2) is 79.1 Å². The van der Waals surface area contributed by atoms with E-state index in [0.29, 0.717) is 0 Å². The molecule has 4 aliphatic heterocycles. The van der Waals surface area contributed by atoms with E-state index in [1.165, 1.54) is 13.8 Å². The molecule has 10 rings (SSSR count). The number of rotatable bonds is 14. The van der Waals surface area contributed by atoms with Gasteiger partial charge in [-0.25, -0.2) is 0 Å². The van der Waals surface area contributed by atoms with Gasteiger partial charge in [0.2, 0.25) is 34.9 Å². The van der Waals surface area contributed by atoms with Crippen LogP contribution in [0.4, 0.5) is 0 Å². The molecule has 0 unspecified atom stereocenters. The first-order chi connectivity index (χ1) is 40.2. The summed E-state index contributed by atoms with van der Waals surface area (Å²) in [5, 5.41) is 192. The van der Waals surface area contributed by atoms with Gasteiger partial charge in [-0.2, -0.15) is 0 Å². The highest BCUT2D eigenvalue weighted by Crippen LogP contribution is 2.45. The highest BCUT2D eigenvalue weighted by atomic mass is 16.7. The first-order valence-electron chi connectivity index (χ1n) is 26.0. The van der Waals surface area contributed by atoms with Crippen molar-refractivity contribution in [1.29, 1.82) is 0 Å². The van der Waals surface area contributed by atoms with Crippen molar-refractivity contribution >= 4 is 21.9 Å². The van der Waals surface area contributed by atoms with Gasteiger partial charge in [-0.05, 0) is 50.2 Å². The number of phenols is 6. The maximum Gasteiger partial charge on any atom is 0.239 e. The minimum atomic E-state index is -2.16. The summed E-state index contributed by atoms with van der Waals surface area (Å²) >= 11 is 0. The number of hydrogen-bond acceptors (Lipinski definition) is 31. The molecular weight excluding hydrogens is 1140 g/mol. The fourth-order valence-electron chi connectivity index (χ4n) is 9.94. The quantitative estimate of drug-likeness (QED) is 0.0528. The number of hydrogen-bond donors (Lipinski definition) is 18. The number of fused-ring (bicyclic) bond motifs is 2. The lowest BCUT2D eigenvalue weighted by molar-refractivity contribution is -0.318. The molecule has 0 radical (unpaired) electrons. The Morgan fingerprint density at radius 2 is 0.753 bits per heavy atom. The third-order valence-electron chi connectivity index (χ3n) is 14.8. The van der Waals surface area contributed by atoms with Crippen LogP contribution in [0, 0.1) is 0 Å². The SMILES string of the molecule is C[C@@H]1O[C@@H](OC[C@H]2O[C@@H](Oc3c(-c4ccc(O)c(Oc5cc(-c6oc7cc(O)cc(O)c7c(=O)c6O[C@@H]6O[C@H](CO[C@@H]7O[C@@H](C)[C@H](O)[C@@H](O)[C@H]7O)[C@@H](O)[C@H](O)[C@H]6O)ccc5O)c4)oc4cc(O)cc(O)c4c3=O)[C@H](O)[C@@H](O)[C@@H]2O)[C@H](O)[C@H](O)[C@H]1O. The number of aromatic hydroxyl groups is 6. The van der Waals surface area contributed by atoms with Gasteiger partial charge in [0.1, 0.15) is 130 Å². The molecule has 18 N–H and O–H groups in total. The van der Waals surface area contributed by atoms with Crippen LogP contribution in [-0.4, -0.2) is 228 Å². The molecular formula is C54H58O31. The average molecular weight is 1200 g/mol. The summed E-state index contributed by atoms with van der Waals surface area (Å²) in [6.45, 7) is 1.27. The molecule has 460 valence electrons. The molecule has 0 saturated carbocycles. The molecule has 4 aromatic carbocycles. The topological polar surface area (TPSA) is 508 Å². The van der Waals surface area contributed by atoms with Gasteiger partial charge in [-0.15, -0.1) is 0 Å². The summed E-state index contributed by atoms with van der Waals surface area (Å²) in [5.41, 5.74) is -3.79. The predicted octanol–water partition coefficient (Wildman–Crippen LogP) is -2.68. The number of benzene rings is 4. The van der Waals surface area contributed by atoms with Crippen LogP contribution >= 0.6 is 0 Å². The van der Waals surface area contributed by atoms with Crippen LogP contribution in [0.25, 0.3) is 44.6 Å². The van der Waals surface area contributed by atoms with Crippen molar-refractivity contribution in [2.45, 2.75) is 137 Å². The third-order valence-corrected chi connectivity index (χ3v) is 14.8. The average Bonchev–Trinajstić information content (AvgIpc) is 1.28. The summed E-state index contributed by atoms with van der Waals surface area (Å²) in [6.07, 6.45) is -35.2. The largest absolute Gasteiger partial charge is 0.508 e. The Bertz CT molecular complexity index is 3330. The van der Waals surface area contributed by atoms with E-state index in [4.69, 9.17) is 51.5 Å². The standard InChI is InChI=1S/C54H58O31/c1-15-33(61)39(67)43(71)51(77-15)75-13-29-35(63)41(69)45(73)53(82-29)84-49-37(65)31-23(59)9-19(55)11-27(31)80-47(49)17-3-5-21(57)25(7-17)79-26-8-18(4-6-22(26)58)48-50(38(66)32-24(60)10-20(56)12-28(32)81-48)85-54-46(74)42(70)36(64)30(83-54)14-76-52-44(72)40(68)34(62)16(2)78-52/h3-12,15-16,29-30,33-36,39-46,51-64,67-74H,13-14H2,1-2H3/t15-,16-,29+,30+,33-,34-,35+,36+,39+,40+,41-,42-,43+,44+,45+,46+,51+,52+,53-,54-/m0/s1. The molecule has 20 atom stereocenters. The van der Waals surface area contributed by atoms with Crippen LogP contribution in [0.2, 0.25) is 0 Å². The summed E-state index contributed by atoms with van der Waals surface area (Å²) in [5.74, 6) is -8.25. The molecule has 0 aliphatic carbocycles. The van der Waals surface area contributed by atoms with Gasteiger partial charge < -0.3 is 143 Å². The molecule has 6 heterocycles. The second-order valence-electron chi connectivity index (χ2n) is 20.6. The Morgan fingerprint density at radius 1 is 0.400 bits per heavy atom. The Morgan fingerprint density at radius 3 is 1.13 bits per heavy atom. The normalized spacial score (nSPS) is 33.4. The lowest BCUT2D eigenvalue weighted by atomic mass is 9.98. The summed E-state index contributed by atoms with van der Waals surface area (Å²) in [4.78, 5) is 28.8. The van der Waals surface area contributed by atoms with E-state index in [2.05, 4.69) is 0 Å². The minimum Gasteiger partial charge on any atom is -0.508 e. The fourth-order valence-corrected chi connectivity index (χ4v) is 9.94. The zero-order valence-electron chi connectivity index (χ0n) is 44.1. The zero-order valence-corrected chi connectivity index (χ0v) is 44.1. The monoisotopic (exact) mass is 1200 g/mol. The molecule has 0 amide bonds. The molecule has 0 spiro atoms. The fraction of sp³-hybridized carbons (Fsp3) is 0.444. The second-order valence-corrected chi connectivity index (χ2v) is 20.6. The van der Waals surface area contributed by atoms with Crippen LogP contribution in [-0.2, 0) is 28.4 Å². The van der Waals surface area contributed by atoms with E-state index in [9.17, 15) is 102 Å². The van der Waals surface area contributed by atoms with Gasteiger partial charge in [0, 0.05) is 35.4 Å². The molecule has 31 heteroatoms. The lowest BCUT2D eigenvalue weighted by Gasteiger charge is -2.42. The van der Waals surface area contributed by atoms with Crippen molar-refractivity contribution in [2.24, 2.45) is 0 Å². The molecule has 6 aromatic rings. The van der Waals surface area contributed by atoms with Crippen molar-refractivity contribution in [1.82, 2.24) is 0 Å². The summed E-state index contributed by atoms with van der Waals surface area (Å²) < 4.78 is 63.3. The first kappa shape index (κ1) is 60.9. The van der Waals surface area contributed by atoms with Gasteiger partial charge in [-0.1, -0.05) is 0 Å². The third kappa shape index (κ3) is 11.6. The van der Waals surface area contributed by atoms with Crippen LogP contribution < -0.4 is 25.1 Å². The molecule has 4 aliphatic rings. The minimum absolute atomic E-state index is 0.240. The smallest absolute Gasteiger partial charge is 0.239 e. The van der Waals surface area contributed by atoms with Gasteiger partial charge in [0.25, 0.3) is 0 Å². The van der Waals surface area contributed by atoms with Crippen molar-refractivity contribution in [3.8, 4) is 80.1 Å². The molecule has 85 heavy (non-hydrogen) atoms. The predicted molar refractivity (Wildman–Crippen MR) is 277 cm³/mol.